The van der Waals surface area contributed by atoms with Crippen molar-refractivity contribution in [1.82, 2.24) is 0 Å². The molecule has 1 fully saturated rings. The molecule has 1 unspecified atom stereocenters. The summed E-state index contributed by atoms with van der Waals surface area (Å²) < 4.78 is 11.2. The Kier molecular flexibility index (Phi) is 2.65. The van der Waals surface area contributed by atoms with E-state index in [9.17, 15) is 4.79 Å². The van der Waals surface area contributed by atoms with Crippen LogP contribution in [0, 0.1) is 0 Å². The highest BCUT2D eigenvalue weighted by molar-refractivity contribution is 6.31. The zero-order valence-corrected chi connectivity index (χ0v) is 9.87. The monoisotopic (exact) mass is 250 g/mol. The lowest BCUT2D eigenvalue weighted by atomic mass is 10.1. The van der Waals surface area contributed by atoms with E-state index in [1.807, 2.05) is 0 Å². The fourth-order valence-corrected chi connectivity index (χ4v) is 2.28. The molecule has 0 radical (unpaired) electrons. The number of halogens is 1. The van der Waals surface area contributed by atoms with Crippen LogP contribution < -0.4 is 5.43 Å². The first-order chi connectivity index (χ1) is 8.24. The smallest absolute Gasteiger partial charge is 0.193 e. The first kappa shape index (κ1) is 10.8. The van der Waals surface area contributed by atoms with Gasteiger partial charge in [-0.05, 0) is 31.0 Å². The lowest BCUT2D eigenvalue weighted by Gasteiger charge is -2.08. The maximum Gasteiger partial charge on any atom is 0.193 e. The van der Waals surface area contributed by atoms with Crippen molar-refractivity contribution in [3.63, 3.8) is 0 Å². The van der Waals surface area contributed by atoms with Gasteiger partial charge in [0.2, 0.25) is 0 Å². The Morgan fingerprint density at radius 3 is 2.94 bits per heavy atom. The summed E-state index contributed by atoms with van der Waals surface area (Å²) in [5.74, 6) is 0.613. The molecular formula is C13H11ClO3. The minimum Gasteiger partial charge on any atom is -0.458 e. The standard InChI is InChI=1S/C13H11ClO3/c14-8-3-4-11-9(6-8)10(15)7-13(17-11)12-2-1-5-16-12/h3-4,6-7,12H,1-2,5H2. The molecule has 0 spiro atoms. The van der Waals surface area contributed by atoms with Crippen molar-refractivity contribution in [3.05, 3.63) is 45.3 Å². The van der Waals surface area contributed by atoms with E-state index in [-0.39, 0.29) is 11.5 Å². The number of rotatable bonds is 1. The van der Waals surface area contributed by atoms with Crippen LogP contribution in [0.3, 0.4) is 0 Å². The van der Waals surface area contributed by atoms with Gasteiger partial charge in [0.05, 0.1) is 5.39 Å². The zero-order valence-electron chi connectivity index (χ0n) is 9.11. The summed E-state index contributed by atoms with van der Waals surface area (Å²) in [5.41, 5.74) is 0.492. The number of hydrogen-bond donors (Lipinski definition) is 0. The molecule has 1 aromatic heterocycles. The highest BCUT2D eigenvalue weighted by Crippen LogP contribution is 2.29. The molecule has 1 atom stereocenters. The molecule has 17 heavy (non-hydrogen) atoms. The van der Waals surface area contributed by atoms with Gasteiger partial charge < -0.3 is 9.15 Å². The number of ether oxygens (including phenoxy) is 1. The fourth-order valence-electron chi connectivity index (χ4n) is 2.11. The normalized spacial score (nSPS) is 19.9. The van der Waals surface area contributed by atoms with Crippen molar-refractivity contribution >= 4 is 22.6 Å². The van der Waals surface area contributed by atoms with Crippen LogP contribution in [-0.4, -0.2) is 6.61 Å². The molecule has 1 aliphatic rings. The predicted molar refractivity (Wildman–Crippen MR) is 65.4 cm³/mol. The molecule has 0 N–H and O–H groups in total. The first-order valence-corrected chi connectivity index (χ1v) is 5.97. The van der Waals surface area contributed by atoms with Gasteiger partial charge >= 0.3 is 0 Å². The predicted octanol–water partition coefficient (Wildman–Crippen LogP) is 3.30. The van der Waals surface area contributed by atoms with Gasteiger partial charge in [0.25, 0.3) is 0 Å². The maximum absolute atomic E-state index is 11.9. The average molecular weight is 251 g/mol. The van der Waals surface area contributed by atoms with Crippen LogP contribution in [0.4, 0.5) is 0 Å². The van der Waals surface area contributed by atoms with Crippen molar-refractivity contribution in [2.75, 3.05) is 6.61 Å². The van der Waals surface area contributed by atoms with Crippen LogP contribution >= 0.6 is 11.6 Å². The van der Waals surface area contributed by atoms with Crippen molar-refractivity contribution < 1.29 is 9.15 Å². The van der Waals surface area contributed by atoms with E-state index in [1.54, 1.807) is 18.2 Å². The van der Waals surface area contributed by atoms with Crippen molar-refractivity contribution in [3.8, 4) is 0 Å². The lowest BCUT2D eigenvalue weighted by Crippen LogP contribution is -2.05. The van der Waals surface area contributed by atoms with E-state index in [1.165, 1.54) is 6.07 Å². The van der Waals surface area contributed by atoms with E-state index >= 15 is 0 Å². The Hall–Kier alpha value is -1.32. The molecule has 3 rings (SSSR count). The Labute approximate surface area is 103 Å². The van der Waals surface area contributed by atoms with E-state index in [0.29, 0.717) is 21.8 Å². The molecule has 1 aromatic carbocycles. The largest absolute Gasteiger partial charge is 0.458 e. The van der Waals surface area contributed by atoms with Crippen molar-refractivity contribution in [2.45, 2.75) is 18.9 Å². The van der Waals surface area contributed by atoms with Gasteiger partial charge in [-0.1, -0.05) is 11.6 Å². The summed E-state index contributed by atoms with van der Waals surface area (Å²) >= 11 is 5.85. The minimum atomic E-state index is -0.0808. The molecule has 2 aromatic rings. The van der Waals surface area contributed by atoms with Crippen LogP contribution in [0.2, 0.25) is 5.02 Å². The second-order valence-corrected chi connectivity index (χ2v) is 4.59. The Bertz CT molecular complexity index is 612. The van der Waals surface area contributed by atoms with Crippen molar-refractivity contribution in [2.24, 2.45) is 0 Å². The maximum atomic E-state index is 11.9. The quantitative estimate of drug-likeness (QED) is 0.780. The number of hydrogen-bond acceptors (Lipinski definition) is 3. The van der Waals surface area contributed by atoms with E-state index in [2.05, 4.69) is 0 Å². The lowest BCUT2D eigenvalue weighted by molar-refractivity contribution is 0.0940. The van der Waals surface area contributed by atoms with Gasteiger partial charge in [0.1, 0.15) is 17.4 Å². The molecule has 1 saturated heterocycles. The van der Waals surface area contributed by atoms with Crippen molar-refractivity contribution in [1.29, 1.82) is 0 Å². The topological polar surface area (TPSA) is 39.4 Å². The molecule has 1 aliphatic heterocycles. The third kappa shape index (κ3) is 1.96. The third-order valence-corrected chi connectivity index (χ3v) is 3.19. The molecule has 0 amide bonds. The summed E-state index contributed by atoms with van der Waals surface area (Å²) in [6.45, 7) is 0.729. The zero-order chi connectivity index (χ0) is 11.8. The Balaban J connectivity index is 2.17. The van der Waals surface area contributed by atoms with E-state index in [4.69, 9.17) is 20.8 Å². The van der Waals surface area contributed by atoms with Crippen LogP contribution in [0.5, 0.6) is 0 Å². The molecule has 0 saturated carbocycles. The highest BCUT2D eigenvalue weighted by Gasteiger charge is 2.21. The van der Waals surface area contributed by atoms with Crippen LogP contribution in [0.1, 0.15) is 24.7 Å². The number of fused-ring (bicyclic) bond motifs is 1. The van der Waals surface area contributed by atoms with Gasteiger partial charge in [0.15, 0.2) is 5.43 Å². The molecule has 0 bridgehead atoms. The van der Waals surface area contributed by atoms with Crippen LogP contribution in [0.15, 0.2) is 33.5 Å². The highest BCUT2D eigenvalue weighted by atomic mass is 35.5. The van der Waals surface area contributed by atoms with Gasteiger partial charge in [-0.2, -0.15) is 0 Å². The summed E-state index contributed by atoms with van der Waals surface area (Å²) in [5, 5.41) is 1.05. The Morgan fingerprint density at radius 2 is 2.18 bits per heavy atom. The summed E-state index contributed by atoms with van der Waals surface area (Å²) in [6.07, 6.45) is 1.83. The van der Waals surface area contributed by atoms with Crippen LogP contribution in [-0.2, 0) is 4.74 Å². The van der Waals surface area contributed by atoms with E-state index in [0.717, 1.165) is 19.4 Å². The average Bonchev–Trinajstić information content (AvgIpc) is 2.83. The van der Waals surface area contributed by atoms with E-state index < -0.39 is 0 Å². The summed E-state index contributed by atoms with van der Waals surface area (Å²) in [7, 11) is 0. The minimum absolute atomic E-state index is 0.0701. The summed E-state index contributed by atoms with van der Waals surface area (Å²) in [4.78, 5) is 11.9. The molecule has 2 heterocycles. The first-order valence-electron chi connectivity index (χ1n) is 5.59. The van der Waals surface area contributed by atoms with Gasteiger partial charge in [0, 0.05) is 17.7 Å². The second-order valence-electron chi connectivity index (χ2n) is 4.16. The number of benzene rings is 1. The second kappa shape index (κ2) is 4.17. The fraction of sp³-hybridized carbons (Fsp3) is 0.308. The van der Waals surface area contributed by atoms with Gasteiger partial charge in [-0.25, -0.2) is 0 Å². The molecular weight excluding hydrogens is 240 g/mol. The summed E-state index contributed by atoms with van der Waals surface area (Å²) in [6, 6.07) is 6.57. The molecule has 0 aliphatic carbocycles. The Morgan fingerprint density at radius 1 is 1.29 bits per heavy atom. The molecule has 88 valence electrons. The SMILES string of the molecule is O=c1cc(C2CCCO2)oc2ccc(Cl)cc12. The third-order valence-electron chi connectivity index (χ3n) is 2.96. The van der Waals surface area contributed by atoms with Gasteiger partial charge in [-0.15, -0.1) is 0 Å². The molecule has 3 nitrogen and oxygen atoms in total. The van der Waals surface area contributed by atoms with Crippen LogP contribution in [0.25, 0.3) is 11.0 Å². The van der Waals surface area contributed by atoms with Gasteiger partial charge in [-0.3, -0.25) is 4.79 Å². The molecule has 4 heteroatoms.